The highest BCUT2D eigenvalue weighted by Crippen LogP contribution is 2.11. The molecular weight excluding hydrogens is 310 g/mol. The van der Waals surface area contributed by atoms with Crippen molar-refractivity contribution in [1.82, 2.24) is 15.3 Å². The second kappa shape index (κ2) is 7.93. The molecule has 0 fully saturated rings. The summed E-state index contributed by atoms with van der Waals surface area (Å²) in [5.74, 6) is -0.157. The van der Waals surface area contributed by atoms with E-state index in [1.54, 1.807) is 27.7 Å². The van der Waals surface area contributed by atoms with E-state index in [9.17, 15) is 9.59 Å². The summed E-state index contributed by atoms with van der Waals surface area (Å²) in [6, 6.07) is 0. The van der Waals surface area contributed by atoms with Crippen LogP contribution in [0.1, 0.15) is 49.6 Å². The van der Waals surface area contributed by atoms with Gasteiger partial charge in [0, 0.05) is 6.20 Å². The standard InChI is InChI=1S/C14H20ClN3O4/c1-5-21-12(19)9-7-16-11(18-10(9)6-15)8-17-13(20)22-14(2,3)4/h7H,5-6,8H2,1-4H3,(H,17,20). The molecule has 22 heavy (non-hydrogen) atoms. The predicted octanol–water partition coefficient (Wildman–Crippen LogP) is 2.42. The molecule has 122 valence electrons. The average molecular weight is 330 g/mol. The molecule has 0 aliphatic carbocycles. The lowest BCUT2D eigenvalue weighted by Crippen LogP contribution is -2.32. The smallest absolute Gasteiger partial charge is 0.408 e. The quantitative estimate of drug-likeness (QED) is 0.659. The number of nitrogens with one attached hydrogen (secondary N) is 1. The fraction of sp³-hybridized carbons (Fsp3) is 0.571. The number of carbonyl (C=O) groups excluding carboxylic acids is 2. The molecule has 1 rings (SSSR count). The minimum absolute atomic E-state index is 0.0378. The molecule has 0 saturated carbocycles. The number of alkyl carbamates (subject to hydrolysis) is 1. The number of carbonyl (C=O) groups is 2. The first kappa shape index (κ1) is 18.2. The molecule has 1 amide bonds. The van der Waals surface area contributed by atoms with E-state index in [1.165, 1.54) is 6.20 Å². The molecule has 0 unspecified atom stereocenters. The monoisotopic (exact) mass is 329 g/mol. The maximum atomic E-state index is 11.7. The van der Waals surface area contributed by atoms with E-state index < -0.39 is 17.7 Å². The first-order chi connectivity index (χ1) is 10.3. The van der Waals surface area contributed by atoms with E-state index in [0.29, 0.717) is 11.5 Å². The molecule has 0 saturated heterocycles. The molecule has 1 heterocycles. The topological polar surface area (TPSA) is 90.4 Å². The minimum atomic E-state index is -0.583. The molecule has 0 aliphatic rings. The molecule has 0 aliphatic heterocycles. The number of aromatic nitrogens is 2. The van der Waals surface area contributed by atoms with Crippen LogP contribution >= 0.6 is 11.6 Å². The zero-order chi connectivity index (χ0) is 16.8. The largest absolute Gasteiger partial charge is 0.462 e. The van der Waals surface area contributed by atoms with Crippen molar-refractivity contribution in [2.75, 3.05) is 6.61 Å². The van der Waals surface area contributed by atoms with Crippen LogP contribution in [0.25, 0.3) is 0 Å². The van der Waals surface area contributed by atoms with Crippen molar-refractivity contribution in [3.05, 3.63) is 23.3 Å². The summed E-state index contributed by atoms with van der Waals surface area (Å²) in [5.41, 5.74) is -0.00557. The van der Waals surface area contributed by atoms with E-state index >= 15 is 0 Å². The predicted molar refractivity (Wildman–Crippen MR) is 80.6 cm³/mol. The molecule has 1 aromatic rings. The average Bonchev–Trinajstić information content (AvgIpc) is 2.43. The molecule has 1 aromatic heterocycles. The summed E-state index contributed by atoms with van der Waals surface area (Å²) >= 11 is 5.79. The Morgan fingerprint density at radius 2 is 2.05 bits per heavy atom. The molecule has 1 N–H and O–H groups in total. The van der Waals surface area contributed by atoms with Gasteiger partial charge in [-0.25, -0.2) is 19.6 Å². The van der Waals surface area contributed by atoms with Crippen LogP contribution in [0, 0.1) is 0 Å². The van der Waals surface area contributed by atoms with Gasteiger partial charge < -0.3 is 14.8 Å². The van der Waals surface area contributed by atoms with E-state index in [2.05, 4.69) is 15.3 Å². The van der Waals surface area contributed by atoms with E-state index in [-0.39, 0.29) is 24.6 Å². The molecule has 0 atom stereocenters. The summed E-state index contributed by atoms with van der Waals surface area (Å²) in [7, 11) is 0. The number of esters is 1. The molecule has 0 bridgehead atoms. The Morgan fingerprint density at radius 1 is 1.36 bits per heavy atom. The van der Waals surface area contributed by atoms with Crippen LogP contribution in [0.2, 0.25) is 0 Å². The van der Waals surface area contributed by atoms with Gasteiger partial charge in [-0.15, -0.1) is 11.6 Å². The fourth-order valence-corrected chi connectivity index (χ4v) is 1.69. The second-order valence-electron chi connectivity index (χ2n) is 5.36. The van der Waals surface area contributed by atoms with Crippen molar-refractivity contribution >= 4 is 23.7 Å². The van der Waals surface area contributed by atoms with E-state index in [4.69, 9.17) is 21.1 Å². The minimum Gasteiger partial charge on any atom is -0.462 e. The van der Waals surface area contributed by atoms with E-state index in [0.717, 1.165) is 0 Å². The van der Waals surface area contributed by atoms with Gasteiger partial charge in [0.1, 0.15) is 17.0 Å². The van der Waals surface area contributed by atoms with Gasteiger partial charge in [0.25, 0.3) is 0 Å². The highest BCUT2D eigenvalue weighted by atomic mass is 35.5. The Labute approximate surface area is 134 Å². The summed E-state index contributed by atoms with van der Waals surface area (Å²) in [5, 5.41) is 2.54. The highest BCUT2D eigenvalue weighted by molar-refractivity contribution is 6.17. The molecule has 0 aromatic carbocycles. The van der Waals surface area contributed by atoms with Crippen molar-refractivity contribution in [3.63, 3.8) is 0 Å². The van der Waals surface area contributed by atoms with Crippen LogP contribution in [0.5, 0.6) is 0 Å². The van der Waals surface area contributed by atoms with Gasteiger partial charge in [0.05, 0.1) is 24.7 Å². The number of alkyl halides is 1. The lowest BCUT2D eigenvalue weighted by Gasteiger charge is -2.19. The number of nitrogens with zero attached hydrogens (tertiary/aromatic N) is 2. The van der Waals surface area contributed by atoms with Gasteiger partial charge >= 0.3 is 12.1 Å². The summed E-state index contributed by atoms with van der Waals surface area (Å²) < 4.78 is 10.0. The second-order valence-corrected chi connectivity index (χ2v) is 5.62. The van der Waals surface area contributed by atoms with Crippen LogP contribution in [-0.2, 0) is 21.9 Å². The van der Waals surface area contributed by atoms with Gasteiger partial charge in [-0.2, -0.15) is 0 Å². The lowest BCUT2D eigenvalue weighted by molar-refractivity contribution is 0.0509. The zero-order valence-electron chi connectivity index (χ0n) is 13.1. The molecular formula is C14H20ClN3O4. The Kier molecular flexibility index (Phi) is 6.55. The third kappa shape index (κ3) is 5.85. The maximum absolute atomic E-state index is 11.7. The van der Waals surface area contributed by atoms with Crippen LogP contribution in [-0.4, -0.2) is 34.2 Å². The first-order valence-corrected chi connectivity index (χ1v) is 7.35. The number of hydrogen-bond donors (Lipinski definition) is 1. The van der Waals surface area contributed by atoms with Crippen molar-refractivity contribution in [2.45, 2.75) is 45.7 Å². The SMILES string of the molecule is CCOC(=O)c1cnc(CNC(=O)OC(C)(C)C)nc1CCl. The van der Waals surface area contributed by atoms with Crippen molar-refractivity contribution in [2.24, 2.45) is 0 Å². The zero-order valence-corrected chi connectivity index (χ0v) is 13.9. The number of halogens is 1. The third-order valence-corrected chi connectivity index (χ3v) is 2.58. The van der Waals surface area contributed by atoms with Crippen molar-refractivity contribution in [3.8, 4) is 0 Å². The molecule has 0 spiro atoms. The highest BCUT2D eigenvalue weighted by Gasteiger charge is 2.18. The van der Waals surface area contributed by atoms with Gasteiger partial charge in [0.15, 0.2) is 0 Å². The molecule has 7 nitrogen and oxygen atoms in total. The number of ether oxygens (including phenoxy) is 2. The third-order valence-electron chi connectivity index (χ3n) is 2.33. The van der Waals surface area contributed by atoms with E-state index in [1.807, 2.05) is 0 Å². The first-order valence-electron chi connectivity index (χ1n) is 6.81. The summed E-state index contributed by atoms with van der Waals surface area (Å²) in [6.45, 7) is 7.33. The number of hydrogen-bond acceptors (Lipinski definition) is 6. The Hall–Kier alpha value is -1.89. The molecule has 0 radical (unpaired) electrons. The van der Waals surface area contributed by atoms with Gasteiger partial charge in [0.2, 0.25) is 0 Å². The summed E-state index contributed by atoms with van der Waals surface area (Å²) in [6.07, 6.45) is 0.771. The van der Waals surface area contributed by atoms with Crippen LogP contribution in [0.4, 0.5) is 4.79 Å². The van der Waals surface area contributed by atoms with Crippen LogP contribution < -0.4 is 5.32 Å². The Morgan fingerprint density at radius 3 is 2.59 bits per heavy atom. The van der Waals surface area contributed by atoms with Gasteiger partial charge in [-0.05, 0) is 27.7 Å². The maximum Gasteiger partial charge on any atom is 0.408 e. The normalized spacial score (nSPS) is 11.0. The Balaban J connectivity index is 2.73. The molecule has 8 heteroatoms. The van der Waals surface area contributed by atoms with Gasteiger partial charge in [-0.3, -0.25) is 0 Å². The van der Waals surface area contributed by atoms with Crippen molar-refractivity contribution in [1.29, 1.82) is 0 Å². The number of rotatable bonds is 5. The van der Waals surface area contributed by atoms with Crippen molar-refractivity contribution < 1.29 is 19.1 Å². The van der Waals surface area contributed by atoms with Crippen LogP contribution in [0.3, 0.4) is 0 Å². The van der Waals surface area contributed by atoms with Gasteiger partial charge in [-0.1, -0.05) is 0 Å². The fourth-order valence-electron chi connectivity index (χ4n) is 1.49. The Bertz CT molecular complexity index is 543. The van der Waals surface area contributed by atoms with Crippen LogP contribution in [0.15, 0.2) is 6.20 Å². The lowest BCUT2D eigenvalue weighted by atomic mass is 10.2. The summed E-state index contributed by atoms with van der Waals surface area (Å²) in [4.78, 5) is 31.4. The number of amides is 1.